The van der Waals surface area contributed by atoms with Crippen LogP contribution in [0.25, 0.3) is 0 Å². The van der Waals surface area contributed by atoms with E-state index in [0.29, 0.717) is 6.42 Å². The van der Waals surface area contributed by atoms with Crippen molar-refractivity contribution in [3.05, 3.63) is 35.4 Å². The minimum absolute atomic E-state index is 0.0435. The summed E-state index contributed by atoms with van der Waals surface area (Å²) in [5, 5.41) is 9.67. The topological polar surface area (TPSA) is 71.4 Å². The third-order valence-electron chi connectivity index (χ3n) is 5.53. The number of hydrogen-bond donors (Lipinski definition) is 1. The van der Waals surface area contributed by atoms with E-state index in [2.05, 4.69) is 0 Å². The van der Waals surface area contributed by atoms with Gasteiger partial charge in [-0.15, -0.1) is 0 Å². The summed E-state index contributed by atoms with van der Waals surface area (Å²) >= 11 is 0. The van der Waals surface area contributed by atoms with Gasteiger partial charge in [-0.2, -0.15) is 0 Å². The molecule has 1 N–H and O–H groups in total. The average molecular weight is 381 g/mol. The molecule has 146 valence electrons. The SMILES string of the molecule is CC(C)S(=O)(=O)CC1CCC(C(=O)Cc2ccc(C(C)(C)O)cc2)CC1. The molecule has 0 aliphatic heterocycles. The third-order valence-corrected chi connectivity index (χ3v) is 7.90. The normalized spacial score (nSPS) is 21.8. The largest absolute Gasteiger partial charge is 0.386 e. The Bertz CT molecular complexity index is 703. The zero-order chi connectivity index (χ0) is 19.5. The van der Waals surface area contributed by atoms with Gasteiger partial charge in [0, 0.05) is 12.3 Å². The highest BCUT2D eigenvalue weighted by molar-refractivity contribution is 7.91. The van der Waals surface area contributed by atoms with E-state index in [9.17, 15) is 18.3 Å². The van der Waals surface area contributed by atoms with Crippen LogP contribution in [0.5, 0.6) is 0 Å². The summed E-state index contributed by atoms with van der Waals surface area (Å²) in [6.07, 6.45) is 3.63. The van der Waals surface area contributed by atoms with E-state index in [1.54, 1.807) is 27.7 Å². The number of Topliss-reactive ketones (excluding diaryl/α,β-unsaturated/α-hetero) is 1. The molecule has 1 saturated carbocycles. The summed E-state index contributed by atoms with van der Waals surface area (Å²) < 4.78 is 24.1. The molecular weight excluding hydrogens is 348 g/mol. The molecule has 1 aliphatic rings. The standard InChI is InChI=1S/C21H32O4S/c1-15(2)26(24,25)14-17-5-9-18(10-6-17)20(22)13-16-7-11-19(12-8-16)21(3,4)23/h7-8,11-12,15,17-18,23H,5-6,9-10,13-14H2,1-4H3. The second kappa shape index (κ2) is 8.22. The monoisotopic (exact) mass is 380 g/mol. The lowest BCUT2D eigenvalue weighted by Crippen LogP contribution is -2.29. The number of rotatable bonds is 7. The molecule has 0 saturated heterocycles. The Labute approximate surface area is 157 Å². The predicted octanol–water partition coefficient (Wildman–Crippen LogP) is 3.66. The van der Waals surface area contributed by atoms with E-state index in [-0.39, 0.29) is 28.6 Å². The first-order valence-corrected chi connectivity index (χ1v) is 11.3. The van der Waals surface area contributed by atoms with Gasteiger partial charge in [-0.1, -0.05) is 24.3 Å². The molecule has 0 atom stereocenters. The molecule has 1 aromatic carbocycles. The number of sulfone groups is 1. The fourth-order valence-electron chi connectivity index (χ4n) is 3.55. The smallest absolute Gasteiger partial charge is 0.152 e. The zero-order valence-electron chi connectivity index (χ0n) is 16.4. The lowest BCUT2D eigenvalue weighted by molar-refractivity contribution is -0.123. The Hall–Kier alpha value is -1.20. The van der Waals surface area contributed by atoms with Crippen molar-refractivity contribution < 1.29 is 18.3 Å². The van der Waals surface area contributed by atoms with Crippen molar-refractivity contribution in [3.8, 4) is 0 Å². The van der Waals surface area contributed by atoms with E-state index < -0.39 is 15.4 Å². The van der Waals surface area contributed by atoms with Crippen LogP contribution in [0, 0.1) is 11.8 Å². The number of carbonyl (C=O) groups is 1. The summed E-state index contributed by atoms with van der Waals surface area (Å²) in [6, 6.07) is 7.56. The first kappa shape index (κ1) is 21.1. The van der Waals surface area contributed by atoms with Gasteiger partial charge in [0.1, 0.15) is 5.78 Å². The molecule has 0 heterocycles. The van der Waals surface area contributed by atoms with Crippen LogP contribution in [-0.2, 0) is 26.7 Å². The molecule has 26 heavy (non-hydrogen) atoms. The Balaban J connectivity index is 1.87. The summed E-state index contributed by atoms with van der Waals surface area (Å²) in [6.45, 7) is 6.94. The molecule has 0 unspecified atom stereocenters. The summed E-state index contributed by atoms with van der Waals surface area (Å²) in [4.78, 5) is 12.6. The van der Waals surface area contributed by atoms with Gasteiger partial charge in [-0.05, 0) is 70.4 Å². The van der Waals surface area contributed by atoms with Crippen LogP contribution in [0.4, 0.5) is 0 Å². The first-order chi connectivity index (χ1) is 12.0. The maximum atomic E-state index is 12.6. The highest BCUT2D eigenvalue weighted by Crippen LogP contribution is 2.31. The molecule has 0 spiro atoms. The molecule has 5 heteroatoms. The molecule has 2 rings (SSSR count). The van der Waals surface area contributed by atoms with Crippen molar-refractivity contribution >= 4 is 15.6 Å². The Morgan fingerprint density at radius 1 is 1.12 bits per heavy atom. The third kappa shape index (κ3) is 5.65. The van der Waals surface area contributed by atoms with E-state index >= 15 is 0 Å². The van der Waals surface area contributed by atoms with Crippen molar-refractivity contribution in [1.29, 1.82) is 0 Å². The van der Waals surface area contributed by atoms with Gasteiger partial charge < -0.3 is 5.11 Å². The minimum atomic E-state index is -3.01. The van der Waals surface area contributed by atoms with Crippen LogP contribution in [0.3, 0.4) is 0 Å². The van der Waals surface area contributed by atoms with E-state index in [1.807, 2.05) is 24.3 Å². The maximum absolute atomic E-state index is 12.6. The highest BCUT2D eigenvalue weighted by Gasteiger charge is 2.30. The molecule has 1 fully saturated rings. The van der Waals surface area contributed by atoms with Gasteiger partial charge in [-0.3, -0.25) is 4.79 Å². The summed E-state index contributed by atoms with van der Waals surface area (Å²) in [5.41, 5.74) is 0.921. The molecule has 1 aromatic rings. The van der Waals surface area contributed by atoms with Gasteiger partial charge in [0.25, 0.3) is 0 Å². The van der Waals surface area contributed by atoms with Crippen LogP contribution < -0.4 is 0 Å². The van der Waals surface area contributed by atoms with Crippen molar-refractivity contribution in [2.75, 3.05) is 5.75 Å². The number of hydrogen-bond acceptors (Lipinski definition) is 4. The molecule has 0 bridgehead atoms. The number of ketones is 1. The average Bonchev–Trinajstić information content (AvgIpc) is 2.54. The molecule has 1 aliphatic carbocycles. The fraction of sp³-hybridized carbons (Fsp3) is 0.667. The van der Waals surface area contributed by atoms with Crippen LogP contribution in [-0.4, -0.2) is 30.3 Å². The number of benzene rings is 1. The van der Waals surface area contributed by atoms with Crippen molar-refractivity contribution in [1.82, 2.24) is 0 Å². The van der Waals surface area contributed by atoms with Crippen LogP contribution in [0.2, 0.25) is 0 Å². The minimum Gasteiger partial charge on any atom is -0.386 e. The summed E-state index contributed by atoms with van der Waals surface area (Å²) in [7, 11) is -3.01. The van der Waals surface area contributed by atoms with Crippen LogP contribution >= 0.6 is 0 Å². The Morgan fingerprint density at radius 3 is 2.12 bits per heavy atom. The van der Waals surface area contributed by atoms with E-state index in [4.69, 9.17) is 0 Å². The molecule has 4 nitrogen and oxygen atoms in total. The second-order valence-corrected chi connectivity index (χ2v) is 11.1. The lowest BCUT2D eigenvalue weighted by atomic mass is 9.79. The lowest BCUT2D eigenvalue weighted by Gasteiger charge is -2.28. The van der Waals surface area contributed by atoms with E-state index in [1.165, 1.54) is 0 Å². The zero-order valence-corrected chi connectivity index (χ0v) is 17.2. The van der Waals surface area contributed by atoms with Gasteiger partial charge >= 0.3 is 0 Å². The molecule has 0 radical (unpaired) electrons. The van der Waals surface area contributed by atoms with Gasteiger partial charge in [0.2, 0.25) is 0 Å². The quantitative estimate of drug-likeness (QED) is 0.784. The van der Waals surface area contributed by atoms with Crippen molar-refractivity contribution in [2.45, 2.75) is 70.7 Å². The van der Waals surface area contributed by atoms with Crippen molar-refractivity contribution in [2.24, 2.45) is 11.8 Å². The summed E-state index contributed by atoms with van der Waals surface area (Å²) in [5.74, 6) is 0.731. The van der Waals surface area contributed by atoms with Gasteiger partial charge in [-0.25, -0.2) is 8.42 Å². The number of aliphatic hydroxyl groups is 1. The second-order valence-electron chi connectivity index (χ2n) is 8.49. The van der Waals surface area contributed by atoms with Gasteiger partial charge in [0.05, 0.1) is 16.6 Å². The van der Waals surface area contributed by atoms with Crippen molar-refractivity contribution in [3.63, 3.8) is 0 Å². The van der Waals surface area contributed by atoms with Gasteiger partial charge in [0.15, 0.2) is 9.84 Å². The van der Waals surface area contributed by atoms with Crippen LogP contribution in [0.1, 0.15) is 64.5 Å². The Morgan fingerprint density at radius 2 is 1.65 bits per heavy atom. The maximum Gasteiger partial charge on any atom is 0.152 e. The fourth-order valence-corrected chi connectivity index (χ4v) is 4.92. The van der Waals surface area contributed by atoms with E-state index in [0.717, 1.165) is 36.8 Å². The predicted molar refractivity (Wildman–Crippen MR) is 105 cm³/mol. The first-order valence-electron chi connectivity index (χ1n) is 9.55. The Kier molecular flexibility index (Phi) is 6.67. The molecule has 0 aromatic heterocycles. The van der Waals surface area contributed by atoms with Crippen LogP contribution in [0.15, 0.2) is 24.3 Å². The molecule has 0 amide bonds. The molecular formula is C21H32O4S. The number of carbonyl (C=O) groups excluding carboxylic acids is 1. The highest BCUT2D eigenvalue weighted by atomic mass is 32.2.